The van der Waals surface area contributed by atoms with Gasteiger partial charge in [0.2, 0.25) is 10.0 Å². The Hall–Kier alpha value is -2.31. The maximum Gasteiger partial charge on any atom is 0.243 e. The standard InChI is InChI=1S/C22H29N3O2S/c1-5-9-21(20-12-14-23-18(20)3)24(4)22-16-25(15-13-17(22)2)28(26,27)19-10-7-6-8-11-19/h5-12,14,17,22-23H,3,13,15-16H2,1-2,4H3/b9-5-,21-20+/t17-,22?/m1/s1. The van der Waals surface area contributed by atoms with Gasteiger partial charge in [-0.2, -0.15) is 4.31 Å². The van der Waals surface area contributed by atoms with E-state index in [1.54, 1.807) is 28.6 Å². The largest absolute Gasteiger partial charge is 0.369 e. The Morgan fingerprint density at radius 2 is 2.00 bits per heavy atom. The number of nitrogens with one attached hydrogen (secondary N) is 1. The number of allylic oxidation sites excluding steroid dienone is 1. The van der Waals surface area contributed by atoms with Gasteiger partial charge in [0, 0.05) is 48.6 Å². The van der Waals surface area contributed by atoms with Crippen LogP contribution in [0.3, 0.4) is 0 Å². The third kappa shape index (κ3) is 3.93. The van der Waals surface area contributed by atoms with Gasteiger partial charge in [0.25, 0.3) is 0 Å². The fourth-order valence-corrected chi connectivity index (χ4v) is 5.36. The van der Waals surface area contributed by atoms with E-state index < -0.39 is 10.0 Å². The topological polar surface area (TPSA) is 56.4 Å². The minimum Gasteiger partial charge on any atom is -0.369 e. The van der Waals surface area contributed by atoms with Crippen molar-refractivity contribution in [2.45, 2.75) is 31.2 Å². The molecule has 2 atom stereocenters. The summed E-state index contributed by atoms with van der Waals surface area (Å²) in [6.07, 6.45) is 6.78. The van der Waals surface area contributed by atoms with Crippen LogP contribution in [0.5, 0.6) is 0 Å². The van der Waals surface area contributed by atoms with Crippen LogP contribution in [0.15, 0.2) is 59.6 Å². The van der Waals surface area contributed by atoms with E-state index in [2.05, 4.69) is 29.5 Å². The lowest BCUT2D eigenvalue weighted by Gasteiger charge is -2.42. The van der Waals surface area contributed by atoms with Gasteiger partial charge in [-0.05, 0) is 43.5 Å². The van der Waals surface area contributed by atoms with Crippen LogP contribution in [0, 0.1) is 5.92 Å². The minimum absolute atomic E-state index is 0.0766. The Balaban J connectivity index is 1.95. The van der Waals surface area contributed by atoms with Gasteiger partial charge < -0.3 is 9.88 Å². The number of aromatic nitrogens is 1. The van der Waals surface area contributed by atoms with Crippen molar-refractivity contribution in [1.29, 1.82) is 0 Å². The van der Waals surface area contributed by atoms with Gasteiger partial charge in [-0.15, -0.1) is 0 Å². The molecular formula is C22H29N3O2S. The van der Waals surface area contributed by atoms with Gasteiger partial charge >= 0.3 is 0 Å². The van der Waals surface area contributed by atoms with Crippen LogP contribution in [-0.2, 0) is 10.0 Å². The second-order valence-corrected chi connectivity index (χ2v) is 9.31. The first-order valence-electron chi connectivity index (χ1n) is 9.63. The van der Waals surface area contributed by atoms with Crippen molar-refractivity contribution in [3.63, 3.8) is 0 Å². The Morgan fingerprint density at radius 1 is 1.29 bits per heavy atom. The highest BCUT2D eigenvalue weighted by Crippen LogP contribution is 2.28. The molecule has 2 heterocycles. The van der Waals surface area contributed by atoms with Crippen LogP contribution >= 0.6 is 0 Å². The number of likely N-dealkylation sites (N-methyl/N-ethyl adjacent to an activating group) is 1. The summed E-state index contributed by atoms with van der Waals surface area (Å²) in [6.45, 7) is 9.28. The van der Waals surface area contributed by atoms with Crippen LogP contribution in [-0.4, -0.2) is 48.8 Å². The Labute approximate surface area is 167 Å². The van der Waals surface area contributed by atoms with E-state index in [1.165, 1.54) is 0 Å². The molecule has 1 aliphatic rings. The molecule has 0 spiro atoms. The van der Waals surface area contributed by atoms with Gasteiger partial charge in [-0.25, -0.2) is 8.42 Å². The maximum absolute atomic E-state index is 13.1. The lowest BCUT2D eigenvalue weighted by molar-refractivity contribution is 0.158. The normalized spacial score (nSPS) is 22.4. The molecule has 28 heavy (non-hydrogen) atoms. The number of nitrogens with zero attached hydrogens (tertiary/aromatic N) is 2. The zero-order valence-electron chi connectivity index (χ0n) is 16.8. The van der Waals surface area contributed by atoms with Crippen molar-refractivity contribution in [2.24, 2.45) is 5.92 Å². The second kappa shape index (κ2) is 8.37. The lowest BCUT2D eigenvalue weighted by Crippen LogP contribution is -2.52. The molecule has 6 heteroatoms. The summed E-state index contributed by atoms with van der Waals surface area (Å²) in [4.78, 5) is 5.69. The van der Waals surface area contributed by atoms with Crippen LogP contribution in [0.25, 0.3) is 12.3 Å². The third-order valence-electron chi connectivity index (χ3n) is 5.57. The number of piperidine rings is 1. The summed E-state index contributed by atoms with van der Waals surface area (Å²) in [5.41, 5.74) is 1.05. The highest BCUT2D eigenvalue weighted by molar-refractivity contribution is 7.89. The summed E-state index contributed by atoms with van der Waals surface area (Å²) in [5.74, 6) is 0.375. The zero-order chi connectivity index (χ0) is 20.3. The molecule has 1 aromatic carbocycles. The maximum atomic E-state index is 13.1. The van der Waals surface area contributed by atoms with Gasteiger partial charge in [0.15, 0.2) is 0 Å². The van der Waals surface area contributed by atoms with E-state index in [0.29, 0.717) is 23.9 Å². The molecule has 0 aliphatic carbocycles. The molecule has 1 fully saturated rings. The Morgan fingerprint density at radius 3 is 2.61 bits per heavy atom. The van der Waals surface area contributed by atoms with Crippen LogP contribution < -0.4 is 10.6 Å². The number of sulfonamides is 1. The van der Waals surface area contributed by atoms with Crippen molar-refractivity contribution >= 4 is 22.3 Å². The van der Waals surface area contributed by atoms with Gasteiger partial charge in [-0.1, -0.05) is 37.8 Å². The molecule has 5 nitrogen and oxygen atoms in total. The van der Waals surface area contributed by atoms with E-state index in [1.807, 2.05) is 38.4 Å². The van der Waals surface area contributed by atoms with Gasteiger partial charge in [0.05, 0.1) is 4.90 Å². The molecule has 0 bridgehead atoms. The van der Waals surface area contributed by atoms with Gasteiger partial charge in [0.1, 0.15) is 0 Å². The molecule has 1 unspecified atom stereocenters. The lowest BCUT2D eigenvalue weighted by atomic mass is 9.93. The minimum atomic E-state index is -3.49. The quantitative estimate of drug-likeness (QED) is 0.838. The van der Waals surface area contributed by atoms with Crippen LogP contribution in [0.4, 0.5) is 0 Å². The fraction of sp³-hybridized carbons (Fsp3) is 0.364. The zero-order valence-corrected chi connectivity index (χ0v) is 17.6. The first-order chi connectivity index (χ1) is 13.4. The van der Waals surface area contributed by atoms with Crippen LogP contribution in [0.2, 0.25) is 0 Å². The molecule has 0 amide bonds. The molecule has 1 aliphatic heterocycles. The number of rotatable bonds is 5. The highest BCUT2D eigenvalue weighted by Gasteiger charge is 2.36. The molecule has 3 rings (SSSR count). The molecule has 1 N–H and O–H groups in total. The first kappa shape index (κ1) is 20.4. The molecule has 150 valence electrons. The van der Waals surface area contributed by atoms with Crippen molar-refractivity contribution < 1.29 is 8.42 Å². The van der Waals surface area contributed by atoms with E-state index in [9.17, 15) is 8.42 Å². The summed E-state index contributed by atoms with van der Waals surface area (Å²) in [5, 5.41) is 1.90. The average Bonchev–Trinajstić information content (AvgIpc) is 3.12. The van der Waals surface area contributed by atoms with E-state index in [0.717, 1.165) is 22.7 Å². The molecule has 1 saturated heterocycles. The Kier molecular flexibility index (Phi) is 6.10. The van der Waals surface area contributed by atoms with Crippen LogP contribution in [0.1, 0.15) is 20.3 Å². The van der Waals surface area contributed by atoms with Crippen molar-refractivity contribution in [2.75, 3.05) is 20.1 Å². The number of benzene rings is 1. The highest BCUT2D eigenvalue weighted by atomic mass is 32.2. The predicted molar refractivity (Wildman–Crippen MR) is 114 cm³/mol. The first-order valence-corrected chi connectivity index (χ1v) is 11.1. The SMILES string of the molecule is C=c1[nH]cc/c1=C(/C=C\C)N(C)C1CN(S(=O)(=O)c2ccccc2)CC[C@H]1C. The van der Waals surface area contributed by atoms with E-state index in [4.69, 9.17) is 0 Å². The molecule has 1 aromatic heterocycles. The second-order valence-electron chi connectivity index (χ2n) is 7.38. The molecule has 0 saturated carbocycles. The number of aromatic amines is 1. The number of hydrogen-bond acceptors (Lipinski definition) is 3. The van der Waals surface area contributed by atoms with Crippen molar-refractivity contribution in [3.05, 3.63) is 65.3 Å². The average molecular weight is 400 g/mol. The van der Waals surface area contributed by atoms with Crippen molar-refractivity contribution in [1.82, 2.24) is 14.2 Å². The summed E-state index contributed by atoms with van der Waals surface area (Å²) >= 11 is 0. The predicted octanol–water partition coefficient (Wildman–Crippen LogP) is 2.14. The summed E-state index contributed by atoms with van der Waals surface area (Å²) < 4.78 is 27.8. The van der Waals surface area contributed by atoms with E-state index in [-0.39, 0.29) is 6.04 Å². The molecular weight excluding hydrogens is 370 g/mol. The molecule has 0 radical (unpaired) electrons. The summed E-state index contributed by atoms with van der Waals surface area (Å²) in [6, 6.07) is 10.8. The van der Waals surface area contributed by atoms with Crippen molar-refractivity contribution in [3.8, 4) is 0 Å². The number of hydrogen-bond donors (Lipinski definition) is 1. The fourth-order valence-electron chi connectivity index (χ4n) is 3.86. The smallest absolute Gasteiger partial charge is 0.243 e. The number of H-pyrrole nitrogens is 1. The van der Waals surface area contributed by atoms with E-state index >= 15 is 0 Å². The molecule has 2 aromatic rings. The van der Waals surface area contributed by atoms with Gasteiger partial charge in [-0.3, -0.25) is 0 Å². The third-order valence-corrected chi connectivity index (χ3v) is 7.45. The summed E-state index contributed by atoms with van der Waals surface area (Å²) in [7, 11) is -1.45. The monoisotopic (exact) mass is 399 g/mol. The Bertz CT molecular complexity index is 1040.